The average Bonchev–Trinajstić information content (AvgIpc) is 2.89. The Labute approximate surface area is 154 Å². The van der Waals surface area contributed by atoms with E-state index in [-0.39, 0.29) is 5.41 Å². The zero-order valence-electron chi connectivity index (χ0n) is 15.2. The highest BCUT2D eigenvalue weighted by Crippen LogP contribution is 2.51. The lowest BCUT2D eigenvalue weighted by atomic mass is 9.78. The van der Waals surface area contributed by atoms with Gasteiger partial charge < -0.3 is 5.11 Å². The molecule has 2 aliphatic rings. The summed E-state index contributed by atoms with van der Waals surface area (Å²) in [5.41, 5.74) is 8.68. The van der Waals surface area contributed by atoms with Gasteiger partial charge in [-0.15, -0.1) is 0 Å². The number of hydrogen-bond donors (Lipinski definition) is 1. The number of phenols is 1. The Morgan fingerprint density at radius 3 is 2.50 bits per heavy atom. The molecular weight excluding hydrogens is 316 g/mol. The van der Waals surface area contributed by atoms with Gasteiger partial charge in [0.25, 0.3) is 0 Å². The minimum absolute atomic E-state index is 0.0697. The zero-order valence-corrected chi connectivity index (χ0v) is 15.2. The second kappa shape index (κ2) is 5.35. The Bertz CT molecular complexity index is 1110. The quantitative estimate of drug-likeness (QED) is 0.539. The molecule has 0 saturated heterocycles. The summed E-state index contributed by atoms with van der Waals surface area (Å²) in [4.78, 5) is 0. The zero-order chi connectivity index (χ0) is 17.9. The number of allylic oxidation sites excluding steroid dienone is 4. The van der Waals surface area contributed by atoms with Gasteiger partial charge in [-0.1, -0.05) is 62.4 Å². The van der Waals surface area contributed by atoms with Crippen molar-refractivity contribution in [3.63, 3.8) is 0 Å². The van der Waals surface area contributed by atoms with E-state index < -0.39 is 0 Å². The van der Waals surface area contributed by atoms with Crippen molar-refractivity contribution in [2.75, 3.05) is 0 Å². The van der Waals surface area contributed by atoms with Gasteiger partial charge in [-0.3, -0.25) is 0 Å². The molecule has 1 nitrogen and oxygen atoms in total. The maximum atomic E-state index is 9.68. The highest BCUT2D eigenvalue weighted by Gasteiger charge is 2.37. The maximum absolute atomic E-state index is 9.68. The first-order chi connectivity index (χ1) is 12.5. The molecule has 0 bridgehead atoms. The Morgan fingerprint density at radius 2 is 1.62 bits per heavy atom. The van der Waals surface area contributed by atoms with Gasteiger partial charge in [0.1, 0.15) is 5.75 Å². The molecule has 26 heavy (non-hydrogen) atoms. The van der Waals surface area contributed by atoms with Crippen molar-refractivity contribution in [2.24, 2.45) is 0 Å². The van der Waals surface area contributed by atoms with Crippen LogP contribution in [0.3, 0.4) is 0 Å². The van der Waals surface area contributed by atoms with E-state index in [1.807, 2.05) is 12.1 Å². The summed E-state index contributed by atoms with van der Waals surface area (Å²) >= 11 is 0. The third-order valence-electron chi connectivity index (χ3n) is 6.08. The van der Waals surface area contributed by atoms with Crippen molar-refractivity contribution < 1.29 is 5.11 Å². The van der Waals surface area contributed by atoms with Crippen LogP contribution in [0.25, 0.3) is 21.9 Å². The molecule has 0 unspecified atom stereocenters. The summed E-state index contributed by atoms with van der Waals surface area (Å²) in [6.07, 6.45) is 4.61. The second-order valence-electron chi connectivity index (χ2n) is 7.98. The molecule has 1 N–H and O–H groups in total. The van der Waals surface area contributed by atoms with Crippen LogP contribution in [-0.2, 0) is 5.41 Å². The van der Waals surface area contributed by atoms with Crippen LogP contribution in [-0.4, -0.2) is 5.11 Å². The molecule has 0 atom stereocenters. The van der Waals surface area contributed by atoms with Gasteiger partial charge in [0.15, 0.2) is 0 Å². The molecule has 1 heteroatoms. The fraction of sp³-hybridized carbons (Fsp3) is 0.200. The minimum atomic E-state index is 0.0697. The smallest absolute Gasteiger partial charge is 0.116 e. The summed E-state index contributed by atoms with van der Waals surface area (Å²) in [5.74, 6) is 0.322. The lowest BCUT2D eigenvalue weighted by Gasteiger charge is -2.26. The number of phenolic OH excluding ortho intramolecular Hbond substituents is 1. The van der Waals surface area contributed by atoms with Crippen LogP contribution in [0.2, 0.25) is 0 Å². The van der Waals surface area contributed by atoms with Crippen LogP contribution in [0.5, 0.6) is 5.75 Å². The molecule has 0 heterocycles. The third kappa shape index (κ3) is 2.17. The van der Waals surface area contributed by atoms with Gasteiger partial charge in [0.05, 0.1) is 0 Å². The molecule has 0 saturated carbocycles. The van der Waals surface area contributed by atoms with Crippen molar-refractivity contribution in [1.29, 1.82) is 0 Å². The summed E-state index contributed by atoms with van der Waals surface area (Å²) in [7, 11) is 0. The standard InChI is InChI=1S/C25H22O/c1-25(2)23-6-4-3-5-21(23)22-12-10-19(15-24(22)25)16-7-8-18-14-20(26)11-9-17(18)13-16/h3-9,11,13-15,26H,10,12H2,1-2H3. The van der Waals surface area contributed by atoms with Crippen molar-refractivity contribution in [3.8, 4) is 5.75 Å². The van der Waals surface area contributed by atoms with Crippen molar-refractivity contribution >= 4 is 21.9 Å². The van der Waals surface area contributed by atoms with Crippen LogP contribution < -0.4 is 0 Å². The summed E-state index contributed by atoms with van der Waals surface area (Å²) in [5, 5.41) is 11.9. The first-order valence-electron chi connectivity index (χ1n) is 9.31. The number of aromatic hydroxyl groups is 1. The largest absolute Gasteiger partial charge is 0.508 e. The Balaban J connectivity index is 1.62. The maximum Gasteiger partial charge on any atom is 0.116 e. The van der Waals surface area contributed by atoms with Gasteiger partial charge >= 0.3 is 0 Å². The molecule has 3 aromatic carbocycles. The minimum Gasteiger partial charge on any atom is -0.508 e. The third-order valence-corrected chi connectivity index (χ3v) is 6.08. The van der Waals surface area contributed by atoms with E-state index in [1.165, 1.54) is 38.8 Å². The first kappa shape index (κ1) is 15.5. The molecule has 0 radical (unpaired) electrons. The Hall–Kier alpha value is -2.80. The van der Waals surface area contributed by atoms with Crippen LogP contribution >= 0.6 is 0 Å². The van der Waals surface area contributed by atoms with E-state index in [1.54, 1.807) is 6.07 Å². The SMILES string of the molecule is CC1(C)C2=C(CCC(c3ccc4cc(O)ccc4c3)=C2)c2ccccc21. The molecule has 0 aromatic heterocycles. The molecule has 0 aliphatic heterocycles. The number of rotatable bonds is 1. The van der Waals surface area contributed by atoms with Gasteiger partial charge in [-0.25, -0.2) is 0 Å². The molecule has 3 aromatic rings. The number of fused-ring (bicyclic) bond motifs is 3. The van der Waals surface area contributed by atoms with Crippen molar-refractivity contribution in [1.82, 2.24) is 0 Å². The van der Waals surface area contributed by atoms with Crippen LogP contribution in [0.15, 0.2) is 72.3 Å². The predicted molar refractivity (Wildman–Crippen MR) is 109 cm³/mol. The fourth-order valence-corrected chi connectivity index (χ4v) is 4.66. The molecule has 128 valence electrons. The lowest BCUT2D eigenvalue weighted by Crippen LogP contribution is -2.17. The van der Waals surface area contributed by atoms with Crippen molar-refractivity contribution in [3.05, 3.63) is 89.0 Å². The van der Waals surface area contributed by atoms with Crippen LogP contribution in [0.1, 0.15) is 43.4 Å². The van der Waals surface area contributed by atoms with Gasteiger partial charge in [-0.2, -0.15) is 0 Å². The van der Waals surface area contributed by atoms with E-state index in [9.17, 15) is 5.11 Å². The topological polar surface area (TPSA) is 20.2 Å². The van der Waals surface area contributed by atoms with Crippen molar-refractivity contribution in [2.45, 2.75) is 32.1 Å². The lowest BCUT2D eigenvalue weighted by molar-refractivity contribution is 0.476. The molecule has 2 aliphatic carbocycles. The molecular formula is C25H22O. The Morgan fingerprint density at radius 1 is 0.846 bits per heavy atom. The number of benzene rings is 3. The first-order valence-corrected chi connectivity index (χ1v) is 9.31. The molecule has 0 spiro atoms. The molecule has 0 fully saturated rings. The second-order valence-corrected chi connectivity index (χ2v) is 7.98. The average molecular weight is 338 g/mol. The summed E-state index contributed by atoms with van der Waals surface area (Å²) < 4.78 is 0. The molecule has 5 rings (SSSR count). The van der Waals surface area contributed by atoms with Gasteiger partial charge in [0.2, 0.25) is 0 Å². The van der Waals surface area contributed by atoms with E-state index in [0.29, 0.717) is 5.75 Å². The highest BCUT2D eigenvalue weighted by atomic mass is 16.3. The van der Waals surface area contributed by atoms with Gasteiger partial charge in [0, 0.05) is 5.41 Å². The van der Waals surface area contributed by atoms with E-state index >= 15 is 0 Å². The predicted octanol–water partition coefficient (Wildman–Crippen LogP) is 6.47. The van der Waals surface area contributed by atoms with E-state index in [4.69, 9.17) is 0 Å². The van der Waals surface area contributed by atoms with Gasteiger partial charge in [-0.05, 0) is 75.2 Å². The Kier molecular flexibility index (Phi) is 3.18. The summed E-state index contributed by atoms with van der Waals surface area (Å²) in [6, 6.07) is 21.0. The highest BCUT2D eigenvalue weighted by molar-refractivity contribution is 5.91. The normalized spacial score (nSPS) is 17.8. The van der Waals surface area contributed by atoms with Crippen LogP contribution in [0.4, 0.5) is 0 Å². The van der Waals surface area contributed by atoms with Crippen LogP contribution in [0, 0.1) is 0 Å². The number of hydrogen-bond acceptors (Lipinski definition) is 1. The van der Waals surface area contributed by atoms with E-state index in [0.717, 1.165) is 18.2 Å². The van der Waals surface area contributed by atoms with E-state index in [2.05, 4.69) is 62.4 Å². The summed E-state index contributed by atoms with van der Waals surface area (Å²) in [6.45, 7) is 4.69. The molecule has 0 amide bonds. The monoisotopic (exact) mass is 338 g/mol. The fourth-order valence-electron chi connectivity index (χ4n) is 4.66.